The number of nitrogens with zero attached hydrogens (tertiary/aromatic N) is 4. The van der Waals surface area contributed by atoms with Gasteiger partial charge in [-0.3, -0.25) is 0 Å². The molecule has 2 fully saturated rings. The van der Waals surface area contributed by atoms with Crippen molar-refractivity contribution in [3.63, 3.8) is 0 Å². The molecule has 146 valence electrons. The number of ether oxygens (including phenoxy) is 1. The van der Waals surface area contributed by atoms with Crippen molar-refractivity contribution in [3.8, 4) is 17.1 Å². The Kier molecular flexibility index (Phi) is 4.35. The zero-order valence-electron chi connectivity index (χ0n) is 15.8. The van der Waals surface area contributed by atoms with E-state index in [1.165, 1.54) is 6.07 Å². The topological polar surface area (TPSA) is 76.4 Å². The summed E-state index contributed by atoms with van der Waals surface area (Å²) in [6.07, 6.45) is 6.01. The molecule has 1 aliphatic carbocycles. The van der Waals surface area contributed by atoms with E-state index in [2.05, 4.69) is 20.6 Å². The minimum Gasteiger partial charge on any atom is -0.495 e. The number of nitrogens with one attached hydrogen (secondary N) is 2. The third kappa shape index (κ3) is 3.17. The number of hydrogen-bond acceptors (Lipinski definition) is 6. The SMILES string of the molecule is COc1cc2ncc(-c3nc(N[C@@H]4CCCNC4)ccc3F)n2nc1C1CC1. The van der Waals surface area contributed by atoms with Gasteiger partial charge in [-0.15, -0.1) is 0 Å². The summed E-state index contributed by atoms with van der Waals surface area (Å²) in [5, 5.41) is 11.5. The van der Waals surface area contributed by atoms with Crippen molar-refractivity contribution in [3.05, 3.63) is 35.9 Å². The van der Waals surface area contributed by atoms with E-state index in [4.69, 9.17) is 9.84 Å². The number of imidazole rings is 1. The maximum atomic E-state index is 14.7. The number of halogens is 1. The van der Waals surface area contributed by atoms with Crippen molar-refractivity contribution in [2.24, 2.45) is 0 Å². The maximum absolute atomic E-state index is 14.7. The Labute approximate surface area is 162 Å². The summed E-state index contributed by atoms with van der Waals surface area (Å²) in [7, 11) is 1.64. The minimum absolute atomic E-state index is 0.251. The molecule has 0 radical (unpaired) electrons. The van der Waals surface area contributed by atoms with Gasteiger partial charge in [-0.25, -0.2) is 18.9 Å². The van der Waals surface area contributed by atoms with Gasteiger partial charge in [-0.1, -0.05) is 0 Å². The number of anilines is 1. The fraction of sp³-hybridized carbons (Fsp3) is 0.450. The van der Waals surface area contributed by atoms with Crippen LogP contribution >= 0.6 is 0 Å². The standard InChI is InChI=1S/C20H23FN6O/c1-28-16-9-18-23-11-15(27(18)26-19(16)12-4-5-12)20-14(21)6-7-17(25-20)24-13-3-2-8-22-10-13/h6-7,9,11-13,22H,2-5,8,10H2,1H3,(H,24,25)/t13-/m1/s1. The van der Waals surface area contributed by atoms with Crippen LogP contribution < -0.4 is 15.4 Å². The number of pyridine rings is 1. The first-order chi connectivity index (χ1) is 13.7. The van der Waals surface area contributed by atoms with E-state index in [1.54, 1.807) is 23.9 Å². The monoisotopic (exact) mass is 382 g/mol. The second-order valence-corrected chi connectivity index (χ2v) is 7.50. The normalized spacial score (nSPS) is 19.7. The van der Waals surface area contributed by atoms with Gasteiger partial charge in [0.25, 0.3) is 0 Å². The highest BCUT2D eigenvalue weighted by molar-refractivity contribution is 5.63. The van der Waals surface area contributed by atoms with Crippen molar-refractivity contribution in [1.82, 2.24) is 24.9 Å². The summed E-state index contributed by atoms with van der Waals surface area (Å²) < 4.78 is 21.8. The third-order valence-corrected chi connectivity index (χ3v) is 5.41. The first-order valence-electron chi connectivity index (χ1n) is 9.80. The van der Waals surface area contributed by atoms with Crippen LogP contribution in [-0.4, -0.2) is 45.8 Å². The van der Waals surface area contributed by atoms with E-state index in [-0.39, 0.29) is 11.5 Å². The predicted octanol–water partition coefficient (Wildman–Crippen LogP) is 2.98. The van der Waals surface area contributed by atoms with Crippen molar-refractivity contribution in [2.75, 3.05) is 25.5 Å². The summed E-state index contributed by atoms with van der Waals surface area (Å²) in [6.45, 7) is 1.93. The van der Waals surface area contributed by atoms with Crippen LogP contribution in [0.1, 0.15) is 37.3 Å². The molecule has 1 saturated carbocycles. The van der Waals surface area contributed by atoms with Crippen LogP contribution in [-0.2, 0) is 0 Å². The Morgan fingerprint density at radius 3 is 2.93 bits per heavy atom. The largest absolute Gasteiger partial charge is 0.495 e. The molecule has 0 amide bonds. The minimum atomic E-state index is -0.389. The molecular weight excluding hydrogens is 359 g/mol. The zero-order valence-corrected chi connectivity index (χ0v) is 15.8. The molecule has 3 aromatic rings. The average Bonchev–Trinajstić information content (AvgIpc) is 3.49. The van der Waals surface area contributed by atoms with Gasteiger partial charge in [-0.2, -0.15) is 5.10 Å². The van der Waals surface area contributed by atoms with Gasteiger partial charge >= 0.3 is 0 Å². The molecule has 7 nitrogen and oxygen atoms in total. The van der Waals surface area contributed by atoms with Crippen molar-refractivity contribution >= 4 is 11.5 Å². The van der Waals surface area contributed by atoms with Crippen LogP contribution in [0.15, 0.2) is 24.4 Å². The number of rotatable bonds is 5. The highest BCUT2D eigenvalue weighted by Gasteiger charge is 2.30. The lowest BCUT2D eigenvalue weighted by atomic mass is 10.1. The first kappa shape index (κ1) is 17.4. The van der Waals surface area contributed by atoms with Crippen LogP contribution in [0.3, 0.4) is 0 Å². The second kappa shape index (κ2) is 7.01. The lowest BCUT2D eigenvalue weighted by molar-refractivity contribution is 0.405. The van der Waals surface area contributed by atoms with E-state index < -0.39 is 0 Å². The number of fused-ring (bicyclic) bond motifs is 1. The van der Waals surface area contributed by atoms with Crippen LogP contribution in [0, 0.1) is 5.82 Å². The molecule has 1 aliphatic heterocycles. The molecule has 2 aliphatic rings. The van der Waals surface area contributed by atoms with E-state index in [0.29, 0.717) is 29.1 Å². The molecule has 0 spiro atoms. The lowest BCUT2D eigenvalue weighted by Crippen LogP contribution is -2.38. The Morgan fingerprint density at radius 2 is 2.18 bits per heavy atom. The summed E-state index contributed by atoms with van der Waals surface area (Å²) in [4.78, 5) is 8.94. The van der Waals surface area contributed by atoms with Gasteiger partial charge < -0.3 is 15.4 Å². The van der Waals surface area contributed by atoms with Crippen molar-refractivity contribution in [2.45, 2.75) is 37.6 Å². The molecule has 4 heterocycles. The fourth-order valence-corrected chi connectivity index (χ4v) is 3.76. The van der Waals surface area contributed by atoms with Crippen molar-refractivity contribution in [1.29, 1.82) is 0 Å². The molecule has 8 heteroatoms. The summed E-state index contributed by atoms with van der Waals surface area (Å²) in [6, 6.07) is 5.29. The highest BCUT2D eigenvalue weighted by atomic mass is 19.1. The number of piperidine rings is 1. The molecule has 3 aromatic heterocycles. The first-order valence-corrected chi connectivity index (χ1v) is 9.80. The molecule has 0 aromatic carbocycles. The van der Waals surface area contributed by atoms with Gasteiger partial charge in [-0.05, 0) is 44.4 Å². The molecule has 5 rings (SSSR count). The van der Waals surface area contributed by atoms with Crippen LogP contribution in [0.25, 0.3) is 17.0 Å². The molecule has 1 saturated heterocycles. The molecular formula is C20H23FN6O. The van der Waals surface area contributed by atoms with Gasteiger partial charge in [0.15, 0.2) is 11.5 Å². The third-order valence-electron chi connectivity index (χ3n) is 5.41. The lowest BCUT2D eigenvalue weighted by Gasteiger charge is -2.24. The summed E-state index contributed by atoms with van der Waals surface area (Å²) in [5.41, 5.74) is 2.31. The Hall–Kier alpha value is -2.74. The number of methoxy groups -OCH3 is 1. The molecule has 1 atom stereocenters. The smallest absolute Gasteiger partial charge is 0.157 e. The fourth-order valence-electron chi connectivity index (χ4n) is 3.76. The predicted molar refractivity (Wildman–Crippen MR) is 104 cm³/mol. The van der Waals surface area contributed by atoms with Crippen LogP contribution in [0.4, 0.5) is 10.2 Å². The maximum Gasteiger partial charge on any atom is 0.157 e. The second-order valence-electron chi connectivity index (χ2n) is 7.50. The van der Waals surface area contributed by atoms with Crippen molar-refractivity contribution < 1.29 is 9.13 Å². The average molecular weight is 382 g/mol. The highest BCUT2D eigenvalue weighted by Crippen LogP contribution is 2.43. The summed E-state index contributed by atoms with van der Waals surface area (Å²) >= 11 is 0. The molecule has 28 heavy (non-hydrogen) atoms. The zero-order chi connectivity index (χ0) is 19.1. The number of aromatic nitrogens is 4. The van der Waals surface area contributed by atoms with Crippen LogP contribution in [0.5, 0.6) is 5.75 Å². The van der Waals surface area contributed by atoms with E-state index in [0.717, 1.165) is 50.2 Å². The van der Waals surface area contributed by atoms with Crippen LogP contribution in [0.2, 0.25) is 0 Å². The molecule has 2 N–H and O–H groups in total. The Bertz CT molecular complexity index is 1010. The van der Waals surface area contributed by atoms with E-state index in [9.17, 15) is 4.39 Å². The molecule has 0 bridgehead atoms. The Morgan fingerprint density at radius 1 is 1.29 bits per heavy atom. The van der Waals surface area contributed by atoms with Gasteiger partial charge in [0.2, 0.25) is 0 Å². The van der Waals surface area contributed by atoms with E-state index >= 15 is 0 Å². The summed E-state index contributed by atoms with van der Waals surface area (Å²) in [5.74, 6) is 1.41. The quantitative estimate of drug-likeness (QED) is 0.707. The molecule has 0 unspecified atom stereocenters. The Balaban J connectivity index is 1.53. The van der Waals surface area contributed by atoms with Gasteiger partial charge in [0.1, 0.15) is 28.6 Å². The number of hydrogen-bond donors (Lipinski definition) is 2. The van der Waals surface area contributed by atoms with Gasteiger partial charge in [0.05, 0.1) is 13.3 Å². The van der Waals surface area contributed by atoms with E-state index in [1.807, 2.05) is 6.07 Å². The van der Waals surface area contributed by atoms with Gasteiger partial charge in [0, 0.05) is 24.6 Å².